The van der Waals surface area contributed by atoms with Crippen LogP contribution in [0.4, 0.5) is 0 Å². The molecule has 0 bridgehead atoms. The molecule has 0 aliphatic heterocycles. The molecule has 2 rings (SSSR count). The Morgan fingerprint density at radius 3 is 2.67 bits per heavy atom. The van der Waals surface area contributed by atoms with Gasteiger partial charge in [0.25, 0.3) is 11.8 Å². The Labute approximate surface area is 159 Å². The number of rotatable bonds is 7. The summed E-state index contributed by atoms with van der Waals surface area (Å²) in [7, 11) is 1.51. The fourth-order valence-corrected chi connectivity index (χ4v) is 3.14. The fraction of sp³-hybridized carbons (Fsp3) is 0.550. The predicted molar refractivity (Wildman–Crippen MR) is 100 cm³/mol. The van der Waals surface area contributed by atoms with Crippen molar-refractivity contribution in [3.63, 3.8) is 0 Å². The Balaban J connectivity index is 1.76. The highest BCUT2D eigenvalue weighted by atomic mass is 16.5. The summed E-state index contributed by atoms with van der Waals surface area (Å²) in [4.78, 5) is 36.2. The highest BCUT2D eigenvalue weighted by Gasteiger charge is 2.26. The van der Waals surface area contributed by atoms with Crippen molar-refractivity contribution in [3.05, 3.63) is 29.8 Å². The Morgan fingerprint density at radius 2 is 1.96 bits per heavy atom. The molecule has 0 unspecified atom stereocenters. The Kier molecular flexibility index (Phi) is 7.64. The van der Waals surface area contributed by atoms with E-state index in [-0.39, 0.29) is 18.5 Å². The molecule has 0 spiro atoms. The van der Waals surface area contributed by atoms with Gasteiger partial charge >= 0.3 is 5.97 Å². The monoisotopic (exact) mass is 376 g/mol. The van der Waals surface area contributed by atoms with Gasteiger partial charge < -0.3 is 20.1 Å². The Morgan fingerprint density at radius 1 is 1.22 bits per heavy atom. The third-order valence-corrected chi connectivity index (χ3v) is 4.84. The largest absolute Gasteiger partial charge is 0.497 e. The summed E-state index contributed by atoms with van der Waals surface area (Å²) in [5.41, 5.74) is 0.374. The lowest BCUT2D eigenvalue weighted by Crippen LogP contribution is -2.46. The number of ether oxygens (including phenoxy) is 2. The van der Waals surface area contributed by atoms with Gasteiger partial charge in [-0.2, -0.15) is 0 Å². The van der Waals surface area contributed by atoms with E-state index in [1.165, 1.54) is 20.5 Å². The molecule has 1 aromatic carbocycles. The molecule has 0 saturated heterocycles. The molecule has 1 aromatic rings. The van der Waals surface area contributed by atoms with Crippen molar-refractivity contribution in [1.29, 1.82) is 0 Å². The second-order valence-electron chi connectivity index (χ2n) is 6.92. The summed E-state index contributed by atoms with van der Waals surface area (Å²) >= 11 is 0. The number of methoxy groups -OCH3 is 1. The quantitative estimate of drug-likeness (QED) is 0.711. The van der Waals surface area contributed by atoms with Crippen LogP contribution in [-0.4, -0.2) is 43.6 Å². The maximum Gasteiger partial charge on any atom is 0.326 e. The van der Waals surface area contributed by atoms with Crippen LogP contribution in [0.1, 0.15) is 49.9 Å². The third-order valence-electron chi connectivity index (χ3n) is 4.84. The van der Waals surface area contributed by atoms with Gasteiger partial charge in [-0.05, 0) is 43.9 Å². The molecule has 2 amide bonds. The second kappa shape index (κ2) is 9.94. The molecular formula is C20H28N2O5. The molecule has 0 aromatic heterocycles. The molecule has 1 saturated carbocycles. The van der Waals surface area contributed by atoms with Crippen LogP contribution in [0, 0.1) is 5.92 Å². The summed E-state index contributed by atoms with van der Waals surface area (Å²) in [5, 5.41) is 5.44. The lowest BCUT2D eigenvalue weighted by molar-refractivity contribution is -0.154. The minimum Gasteiger partial charge on any atom is -0.497 e. The molecule has 1 fully saturated rings. The smallest absolute Gasteiger partial charge is 0.326 e. The van der Waals surface area contributed by atoms with Crippen molar-refractivity contribution in [2.24, 2.45) is 5.92 Å². The zero-order valence-electron chi connectivity index (χ0n) is 16.1. The van der Waals surface area contributed by atoms with Gasteiger partial charge in [0.1, 0.15) is 12.3 Å². The maximum absolute atomic E-state index is 12.2. The normalized spacial score (nSPS) is 20.3. The van der Waals surface area contributed by atoms with E-state index in [2.05, 4.69) is 17.6 Å². The first-order valence-corrected chi connectivity index (χ1v) is 9.32. The van der Waals surface area contributed by atoms with Crippen LogP contribution < -0.4 is 15.4 Å². The van der Waals surface area contributed by atoms with Crippen LogP contribution in [0.2, 0.25) is 0 Å². The van der Waals surface area contributed by atoms with Gasteiger partial charge in [-0.15, -0.1) is 0 Å². The molecule has 148 valence electrons. The molecule has 7 nitrogen and oxygen atoms in total. The van der Waals surface area contributed by atoms with Crippen LogP contribution in [-0.2, 0) is 14.3 Å². The van der Waals surface area contributed by atoms with E-state index in [4.69, 9.17) is 9.47 Å². The Bertz CT molecular complexity index is 676. The average molecular weight is 376 g/mol. The van der Waals surface area contributed by atoms with E-state index in [1.54, 1.807) is 24.3 Å². The van der Waals surface area contributed by atoms with Crippen LogP contribution >= 0.6 is 0 Å². The highest BCUT2D eigenvalue weighted by molar-refractivity contribution is 5.96. The number of nitrogens with one attached hydrogen (secondary N) is 2. The number of hydrogen-bond donors (Lipinski definition) is 2. The van der Waals surface area contributed by atoms with Crippen molar-refractivity contribution in [1.82, 2.24) is 10.6 Å². The van der Waals surface area contributed by atoms with Gasteiger partial charge in [-0.25, -0.2) is 0 Å². The average Bonchev–Trinajstić information content (AvgIpc) is 2.67. The molecule has 27 heavy (non-hydrogen) atoms. The summed E-state index contributed by atoms with van der Waals surface area (Å²) in [6, 6.07) is 6.72. The summed E-state index contributed by atoms with van der Waals surface area (Å²) < 4.78 is 10.2. The molecular weight excluding hydrogens is 348 g/mol. The van der Waals surface area contributed by atoms with E-state index in [0.29, 0.717) is 17.2 Å². The molecule has 1 aliphatic rings. The SMILES string of the molecule is COc1cccc(C(=O)NCC(=O)O[C@H](C)C(=O)N[C@H]2CCCC[C@@H]2C)c1. The van der Waals surface area contributed by atoms with Crippen molar-refractivity contribution < 1.29 is 23.9 Å². The topological polar surface area (TPSA) is 93.7 Å². The summed E-state index contributed by atoms with van der Waals surface area (Å²) in [6.45, 7) is 3.34. The van der Waals surface area contributed by atoms with Crippen LogP contribution in [0.5, 0.6) is 5.75 Å². The minimum atomic E-state index is -0.902. The minimum absolute atomic E-state index is 0.125. The zero-order valence-corrected chi connectivity index (χ0v) is 16.1. The van der Waals surface area contributed by atoms with Gasteiger partial charge in [0.05, 0.1) is 7.11 Å². The van der Waals surface area contributed by atoms with Gasteiger partial charge in [0, 0.05) is 11.6 Å². The van der Waals surface area contributed by atoms with E-state index in [9.17, 15) is 14.4 Å². The first-order valence-electron chi connectivity index (χ1n) is 9.32. The summed E-state index contributed by atoms with van der Waals surface area (Å²) in [5.74, 6) is -0.411. The van der Waals surface area contributed by atoms with Crippen molar-refractivity contribution >= 4 is 17.8 Å². The van der Waals surface area contributed by atoms with Crippen LogP contribution in [0.3, 0.4) is 0 Å². The van der Waals surface area contributed by atoms with Crippen LogP contribution in [0.25, 0.3) is 0 Å². The number of amides is 2. The van der Waals surface area contributed by atoms with Crippen molar-refractivity contribution in [2.45, 2.75) is 51.7 Å². The molecule has 1 aliphatic carbocycles. The van der Waals surface area contributed by atoms with Crippen molar-refractivity contribution in [3.8, 4) is 5.75 Å². The number of carbonyl (C=O) groups excluding carboxylic acids is 3. The maximum atomic E-state index is 12.2. The first kappa shape index (κ1) is 20.7. The van der Waals surface area contributed by atoms with Gasteiger partial charge in [-0.1, -0.05) is 25.8 Å². The van der Waals surface area contributed by atoms with Gasteiger partial charge in [0.2, 0.25) is 0 Å². The van der Waals surface area contributed by atoms with Gasteiger partial charge in [0.15, 0.2) is 6.10 Å². The predicted octanol–water partition coefficient (Wildman–Crippen LogP) is 2.05. The zero-order chi connectivity index (χ0) is 19.8. The molecule has 0 heterocycles. The molecule has 2 N–H and O–H groups in total. The number of carbonyl (C=O) groups is 3. The first-order chi connectivity index (χ1) is 12.9. The summed E-state index contributed by atoms with van der Waals surface area (Å²) in [6.07, 6.45) is 3.42. The highest BCUT2D eigenvalue weighted by Crippen LogP contribution is 2.23. The van der Waals surface area contributed by atoms with E-state index < -0.39 is 18.0 Å². The second-order valence-corrected chi connectivity index (χ2v) is 6.92. The van der Waals surface area contributed by atoms with Gasteiger partial charge in [-0.3, -0.25) is 14.4 Å². The molecule has 7 heteroatoms. The Hall–Kier alpha value is -2.57. The number of esters is 1. The van der Waals surface area contributed by atoms with E-state index in [1.807, 2.05) is 0 Å². The van der Waals surface area contributed by atoms with Crippen molar-refractivity contribution in [2.75, 3.05) is 13.7 Å². The third kappa shape index (κ3) is 6.27. The standard InChI is InChI=1S/C20H28N2O5/c1-13-7-4-5-10-17(13)22-19(24)14(2)27-18(23)12-21-20(25)15-8-6-9-16(11-15)26-3/h6,8-9,11,13-14,17H,4-5,7,10,12H2,1-3H3,(H,21,25)(H,22,24)/t13-,14+,17-/m0/s1. The molecule has 0 radical (unpaired) electrons. The lowest BCUT2D eigenvalue weighted by atomic mass is 9.86. The lowest BCUT2D eigenvalue weighted by Gasteiger charge is -2.30. The fourth-order valence-electron chi connectivity index (χ4n) is 3.14. The van der Waals surface area contributed by atoms with E-state index in [0.717, 1.165) is 19.3 Å². The van der Waals surface area contributed by atoms with E-state index >= 15 is 0 Å². The van der Waals surface area contributed by atoms with Crippen LogP contribution in [0.15, 0.2) is 24.3 Å². The molecule has 3 atom stereocenters. The number of hydrogen-bond acceptors (Lipinski definition) is 5. The number of benzene rings is 1.